The minimum atomic E-state index is -1.80. The first kappa shape index (κ1) is 20.6. The molecule has 0 amide bonds. The Labute approximate surface area is 168 Å². The summed E-state index contributed by atoms with van der Waals surface area (Å²) in [6.07, 6.45) is 2.79. The van der Waals surface area contributed by atoms with Crippen LogP contribution in [0.2, 0.25) is 0 Å². The van der Waals surface area contributed by atoms with Crippen LogP contribution in [0.5, 0.6) is 0 Å². The van der Waals surface area contributed by atoms with E-state index in [-0.39, 0.29) is 6.10 Å². The SMILES string of the molecule is CC(C)CCN1CCCC(OC(=O)C(O)(c2ccccc2)c2ccccc2)C1. The first-order valence-corrected chi connectivity index (χ1v) is 10.3. The number of rotatable bonds is 7. The molecule has 2 aromatic rings. The first-order valence-electron chi connectivity index (χ1n) is 10.3. The zero-order valence-electron chi connectivity index (χ0n) is 16.9. The lowest BCUT2D eigenvalue weighted by Crippen LogP contribution is -2.45. The number of carbonyl (C=O) groups is 1. The van der Waals surface area contributed by atoms with Crippen molar-refractivity contribution in [3.8, 4) is 0 Å². The molecule has 1 fully saturated rings. The van der Waals surface area contributed by atoms with E-state index in [9.17, 15) is 9.90 Å². The van der Waals surface area contributed by atoms with E-state index in [2.05, 4.69) is 18.7 Å². The molecule has 1 unspecified atom stereocenters. The van der Waals surface area contributed by atoms with Gasteiger partial charge in [0.05, 0.1) is 0 Å². The Morgan fingerprint density at radius 1 is 1.11 bits per heavy atom. The fraction of sp³-hybridized carbons (Fsp3) is 0.458. The normalized spacial score (nSPS) is 18.2. The molecule has 1 saturated heterocycles. The average Bonchev–Trinajstić information content (AvgIpc) is 2.73. The summed E-state index contributed by atoms with van der Waals surface area (Å²) in [5.41, 5.74) is -0.750. The van der Waals surface area contributed by atoms with E-state index in [0.717, 1.165) is 38.9 Å². The molecule has 4 heteroatoms. The minimum absolute atomic E-state index is 0.188. The maximum absolute atomic E-state index is 13.2. The number of esters is 1. The lowest BCUT2D eigenvalue weighted by molar-refractivity contribution is -0.170. The van der Waals surface area contributed by atoms with Crippen molar-refractivity contribution < 1.29 is 14.6 Å². The zero-order valence-corrected chi connectivity index (χ0v) is 16.9. The summed E-state index contributed by atoms with van der Waals surface area (Å²) >= 11 is 0. The summed E-state index contributed by atoms with van der Waals surface area (Å²) in [4.78, 5) is 15.6. The molecule has 2 aromatic carbocycles. The minimum Gasteiger partial charge on any atom is -0.458 e. The number of likely N-dealkylation sites (tertiary alicyclic amines) is 1. The van der Waals surface area contributed by atoms with Crippen molar-refractivity contribution in [2.75, 3.05) is 19.6 Å². The molecule has 0 radical (unpaired) electrons. The van der Waals surface area contributed by atoms with Gasteiger partial charge in [0, 0.05) is 6.54 Å². The molecule has 4 nitrogen and oxygen atoms in total. The quantitative estimate of drug-likeness (QED) is 0.737. The number of piperidine rings is 1. The number of benzene rings is 2. The van der Waals surface area contributed by atoms with Gasteiger partial charge in [-0.3, -0.25) is 4.90 Å². The van der Waals surface area contributed by atoms with E-state index in [4.69, 9.17) is 4.74 Å². The Hall–Kier alpha value is -2.17. The molecule has 0 saturated carbocycles. The third-order valence-electron chi connectivity index (χ3n) is 5.44. The van der Waals surface area contributed by atoms with Crippen molar-refractivity contribution in [1.29, 1.82) is 0 Å². The molecule has 0 spiro atoms. The van der Waals surface area contributed by atoms with E-state index < -0.39 is 11.6 Å². The van der Waals surface area contributed by atoms with Gasteiger partial charge in [0.15, 0.2) is 0 Å². The number of carbonyl (C=O) groups excluding carboxylic acids is 1. The van der Waals surface area contributed by atoms with Gasteiger partial charge in [-0.1, -0.05) is 74.5 Å². The summed E-state index contributed by atoms with van der Waals surface area (Å²) in [6, 6.07) is 18.1. The van der Waals surface area contributed by atoms with Gasteiger partial charge in [0.2, 0.25) is 5.60 Å². The van der Waals surface area contributed by atoms with Gasteiger partial charge in [-0.05, 0) is 49.4 Å². The van der Waals surface area contributed by atoms with Crippen LogP contribution in [0.3, 0.4) is 0 Å². The fourth-order valence-corrected chi connectivity index (χ4v) is 3.75. The molecular weight excluding hydrogens is 350 g/mol. The summed E-state index contributed by atoms with van der Waals surface area (Å²) < 4.78 is 5.87. The lowest BCUT2D eigenvalue weighted by Gasteiger charge is -2.35. The third-order valence-corrected chi connectivity index (χ3v) is 5.44. The highest BCUT2D eigenvalue weighted by atomic mass is 16.6. The standard InChI is InChI=1S/C24H31NO3/c1-19(2)15-17-25-16-9-14-22(18-25)28-23(26)24(27,20-10-5-3-6-11-20)21-12-7-4-8-13-21/h3-8,10-13,19,22,27H,9,14-18H2,1-2H3. The number of ether oxygens (including phenoxy) is 1. The number of hydrogen-bond donors (Lipinski definition) is 1. The van der Waals surface area contributed by atoms with Crippen LogP contribution in [0.4, 0.5) is 0 Å². The van der Waals surface area contributed by atoms with Crippen LogP contribution < -0.4 is 0 Å². The van der Waals surface area contributed by atoms with Gasteiger partial charge < -0.3 is 9.84 Å². The largest absolute Gasteiger partial charge is 0.458 e. The van der Waals surface area contributed by atoms with E-state index in [1.54, 1.807) is 24.3 Å². The van der Waals surface area contributed by atoms with Crippen LogP contribution in [0.1, 0.15) is 44.2 Å². The second-order valence-electron chi connectivity index (χ2n) is 8.10. The molecule has 1 N–H and O–H groups in total. The number of nitrogens with zero attached hydrogens (tertiary/aromatic N) is 1. The van der Waals surface area contributed by atoms with Crippen LogP contribution in [0.25, 0.3) is 0 Å². The van der Waals surface area contributed by atoms with Crippen molar-refractivity contribution in [1.82, 2.24) is 4.90 Å². The predicted octanol–water partition coefficient (Wildman–Crippen LogP) is 3.98. The Morgan fingerprint density at radius 2 is 1.68 bits per heavy atom. The molecule has 1 aliphatic heterocycles. The smallest absolute Gasteiger partial charge is 0.348 e. The fourth-order valence-electron chi connectivity index (χ4n) is 3.75. The molecule has 0 aromatic heterocycles. The number of hydrogen-bond acceptors (Lipinski definition) is 4. The van der Waals surface area contributed by atoms with Crippen molar-refractivity contribution >= 4 is 5.97 Å². The summed E-state index contributed by atoms with van der Waals surface area (Å²) in [5, 5.41) is 11.5. The monoisotopic (exact) mass is 381 g/mol. The summed E-state index contributed by atoms with van der Waals surface area (Å²) in [6.45, 7) is 7.25. The van der Waals surface area contributed by atoms with Gasteiger partial charge in [0.25, 0.3) is 0 Å². The van der Waals surface area contributed by atoms with Crippen molar-refractivity contribution in [3.05, 3.63) is 71.8 Å². The molecule has 0 aliphatic carbocycles. The lowest BCUT2D eigenvalue weighted by atomic mass is 9.86. The number of aliphatic hydroxyl groups is 1. The van der Waals surface area contributed by atoms with Crippen molar-refractivity contribution in [3.63, 3.8) is 0 Å². The maximum atomic E-state index is 13.2. The molecule has 0 bridgehead atoms. The highest BCUT2D eigenvalue weighted by Gasteiger charge is 2.43. The van der Waals surface area contributed by atoms with Crippen LogP contribution in [-0.4, -0.2) is 41.7 Å². The van der Waals surface area contributed by atoms with E-state index >= 15 is 0 Å². The maximum Gasteiger partial charge on any atom is 0.348 e. The molecular formula is C24H31NO3. The van der Waals surface area contributed by atoms with Crippen LogP contribution in [0, 0.1) is 5.92 Å². The molecule has 28 heavy (non-hydrogen) atoms. The highest BCUT2D eigenvalue weighted by Crippen LogP contribution is 2.32. The van der Waals surface area contributed by atoms with Crippen LogP contribution in [0.15, 0.2) is 60.7 Å². The predicted molar refractivity (Wildman–Crippen MR) is 111 cm³/mol. The van der Waals surface area contributed by atoms with Crippen molar-refractivity contribution in [2.45, 2.75) is 44.8 Å². The molecule has 1 aliphatic rings. The van der Waals surface area contributed by atoms with Crippen LogP contribution >= 0.6 is 0 Å². The molecule has 1 heterocycles. The Morgan fingerprint density at radius 3 is 2.21 bits per heavy atom. The molecule has 150 valence electrons. The first-order chi connectivity index (χ1) is 13.5. The van der Waals surface area contributed by atoms with Gasteiger partial charge in [0.1, 0.15) is 6.10 Å². The van der Waals surface area contributed by atoms with Gasteiger partial charge in [-0.2, -0.15) is 0 Å². The van der Waals surface area contributed by atoms with Crippen molar-refractivity contribution in [2.24, 2.45) is 5.92 Å². The Bertz CT molecular complexity index is 705. The average molecular weight is 382 g/mol. The topological polar surface area (TPSA) is 49.8 Å². The van der Waals surface area contributed by atoms with Gasteiger partial charge in [-0.25, -0.2) is 4.79 Å². The third kappa shape index (κ3) is 4.81. The summed E-state index contributed by atoms with van der Waals surface area (Å²) in [5.74, 6) is 0.0600. The highest BCUT2D eigenvalue weighted by molar-refractivity contribution is 5.85. The second-order valence-corrected chi connectivity index (χ2v) is 8.10. The Kier molecular flexibility index (Phi) is 6.87. The molecule has 3 rings (SSSR count). The van der Waals surface area contributed by atoms with E-state index in [1.807, 2.05) is 36.4 Å². The van der Waals surface area contributed by atoms with E-state index in [0.29, 0.717) is 17.0 Å². The van der Waals surface area contributed by atoms with Crippen LogP contribution in [-0.2, 0) is 15.1 Å². The van der Waals surface area contributed by atoms with Gasteiger partial charge >= 0.3 is 5.97 Å². The second kappa shape index (κ2) is 9.35. The molecule has 1 atom stereocenters. The Balaban J connectivity index is 1.77. The van der Waals surface area contributed by atoms with Gasteiger partial charge in [-0.15, -0.1) is 0 Å². The zero-order chi connectivity index (χ0) is 20.0. The summed E-state index contributed by atoms with van der Waals surface area (Å²) in [7, 11) is 0. The van der Waals surface area contributed by atoms with E-state index in [1.165, 1.54) is 0 Å².